The van der Waals surface area contributed by atoms with Crippen LogP contribution in [-0.2, 0) is 23.7 Å². The highest BCUT2D eigenvalue weighted by Gasteiger charge is 2.37. The molecule has 0 aromatic carbocycles. The van der Waals surface area contributed by atoms with Gasteiger partial charge < -0.3 is 49.2 Å². The predicted molar refractivity (Wildman–Crippen MR) is 181 cm³/mol. The first-order valence-corrected chi connectivity index (χ1v) is 16.2. The van der Waals surface area contributed by atoms with Crippen LogP contribution in [0.5, 0.6) is 0 Å². The van der Waals surface area contributed by atoms with Gasteiger partial charge in [-0.25, -0.2) is 0 Å². The van der Waals surface area contributed by atoms with E-state index in [1.165, 1.54) is 0 Å². The summed E-state index contributed by atoms with van der Waals surface area (Å²) in [7, 11) is 0. The molecule has 0 aromatic heterocycles. The van der Waals surface area contributed by atoms with Crippen molar-refractivity contribution in [2.45, 2.75) is 103 Å². The van der Waals surface area contributed by atoms with Crippen LogP contribution in [0.1, 0.15) is 98.4 Å². The minimum Gasteiger partial charge on any atom is -0.396 e. The molecular formula is C35H75O10+. The molecule has 0 aromatic rings. The van der Waals surface area contributed by atoms with Crippen LogP contribution in [0, 0.1) is 37.9 Å². The molecule has 0 atom stereocenters. The van der Waals surface area contributed by atoms with Gasteiger partial charge in [0.05, 0.1) is 85.9 Å². The Morgan fingerprint density at radius 2 is 0.733 bits per heavy atom. The SMILES string of the molecule is CC(C)(CO)COCC(C)(C)CO.CC(C)(CO)COCC(C)(C)COCC(C)(C)CO.CC1(C)COC(C(C)(C)CO)OC1.[H+]. The molecule has 1 saturated heterocycles. The van der Waals surface area contributed by atoms with E-state index in [-0.39, 0.29) is 78.7 Å². The molecular weight excluding hydrogens is 580 g/mol. The Morgan fingerprint density at radius 3 is 0.956 bits per heavy atom. The van der Waals surface area contributed by atoms with Gasteiger partial charge in [0.1, 0.15) is 0 Å². The molecule has 0 radical (unpaired) electrons. The molecule has 0 aliphatic carbocycles. The number of ether oxygens (including phenoxy) is 5. The third-order valence-electron chi connectivity index (χ3n) is 6.97. The standard InChI is InChI=1S/C15H32O4.C10H20O3.C10H22O3/c1-13(2,7-16)9-18-11-15(5,6)12-19-10-14(3,4)8-17;1-9(2)6-12-8(13-7-9)10(3,4)5-11;1-9(2,5-11)7-13-8-10(3,4)6-12/h16-17H,7-12H2,1-6H3;8,11H,5-7H2,1-4H3;11-12H,5-8H2,1-4H3/p+1. The highest BCUT2D eigenvalue weighted by Crippen LogP contribution is 2.31. The van der Waals surface area contributed by atoms with Crippen molar-refractivity contribution in [3.05, 3.63) is 0 Å². The lowest BCUT2D eigenvalue weighted by molar-refractivity contribution is -0.267. The van der Waals surface area contributed by atoms with Gasteiger partial charge in [-0.3, -0.25) is 0 Å². The number of aliphatic hydroxyl groups is 5. The van der Waals surface area contributed by atoms with Gasteiger partial charge >= 0.3 is 1.43 Å². The maximum absolute atomic E-state index is 9.15. The first-order valence-electron chi connectivity index (χ1n) is 16.2. The van der Waals surface area contributed by atoms with Crippen LogP contribution < -0.4 is 0 Å². The minimum absolute atomic E-state index is 0. The van der Waals surface area contributed by atoms with E-state index in [9.17, 15) is 0 Å². The van der Waals surface area contributed by atoms with E-state index in [4.69, 9.17) is 49.2 Å². The number of hydrogen-bond donors (Lipinski definition) is 5. The predicted octanol–water partition coefficient (Wildman–Crippen LogP) is 4.64. The summed E-state index contributed by atoms with van der Waals surface area (Å²) in [4.78, 5) is 0. The zero-order chi connectivity index (χ0) is 35.8. The van der Waals surface area contributed by atoms with Crippen molar-refractivity contribution in [3.63, 3.8) is 0 Å². The zero-order valence-electron chi connectivity index (χ0n) is 32.5. The molecule has 1 heterocycles. The summed E-state index contributed by atoms with van der Waals surface area (Å²) in [5.74, 6) is 0. The second-order valence-electron chi connectivity index (χ2n) is 18.2. The fraction of sp³-hybridized carbons (Fsp3) is 1.00. The Kier molecular flexibility index (Phi) is 21.0. The summed E-state index contributed by atoms with van der Waals surface area (Å²) >= 11 is 0. The van der Waals surface area contributed by atoms with E-state index in [1.807, 2.05) is 69.2 Å². The molecule has 1 aliphatic heterocycles. The molecule has 5 N–H and O–H groups in total. The Hall–Kier alpha value is -0.400. The van der Waals surface area contributed by atoms with E-state index in [1.54, 1.807) is 0 Å². The van der Waals surface area contributed by atoms with Crippen LogP contribution in [0.2, 0.25) is 0 Å². The summed E-state index contributed by atoms with van der Waals surface area (Å²) < 4.78 is 27.9. The Balaban J connectivity index is -0.000000612. The third kappa shape index (κ3) is 23.6. The van der Waals surface area contributed by atoms with Gasteiger partial charge in [-0.05, 0) is 0 Å². The molecule has 0 unspecified atom stereocenters. The maximum Gasteiger partial charge on any atom is 1.00 e. The van der Waals surface area contributed by atoms with Crippen molar-refractivity contribution in [3.8, 4) is 0 Å². The van der Waals surface area contributed by atoms with Crippen molar-refractivity contribution in [2.75, 3.05) is 85.9 Å². The van der Waals surface area contributed by atoms with Crippen molar-refractivity contribution >= 4 is 0 Å². The first kappa shape index (κ1) is 46.7. The lowest BCUT2D eigenvalue weighted by Gasteiger charge is -2.40. The van der Waals surface area contributed by atoms with Crippen LogP contribution in [0.25, 0.3) is 0 Å². The average molecular weight is 656 g/mol. The molecule has 0 bridgehead atoms. The Bertz CT molecular complexity index is 706. The monoisotopic (exact) mass is 656 g/mol. The fourth-order valence-corrected chi connectivity index (χ4v) is 3.25. The average Bonchev–Trinajstić information content (AvgIpc) is 2.93. The van der Waals surface area contributed by atoms with Crippen LogP contribution in [0.4, 0.5) is 0 Å². The first-order chi connectivity index (χ1) is 20.2. The lowest BCUT2D eigenvalue weighted by atomic mass is 9.90. The van der Waals surface area contributed by atoms with Gasteiger partial charge in [-0.2, -0.15) is 0 Å². The molecule has 1 aliphatic rings. The van der Waals surface area contributed by atoms with Crippen molar-refractivity contribution in [1.29, 1.82) is 0 Å². The molecule has 274 valence electrons. The molecule has 0 spiro atoms. The molecule has 10 heteroatoms. The molecule has 1 fully saturated rings. The highest BCUT2D eigenvalue weighted by molar-refractivity contribution is 4.79. The van der Waals surface area contributed by atoms with Crippen LogP contribution in [0.15, 0.2) is 0 Å². The molecule has 0 amide bonds. The Morgan fingerprint density at radius 1 is 0.489 bits per heavy atom. The summed E-state index contributed by atoms with van der Waals surface area (Å²) in [6, 6.07) is 0. The van der Waals surface area contributed by atoms with Crippen LogP contribution >= 0.6 is 0 Å². The molecule has 10 nitrogen and oxygen atoms in total. The smallest absolute Gasteiger partial charge is 0.396 e. The topological polar surface area (TPSA) is 147 Å². The fourth-order valence-electron chi connectivity index (χ4n) is 3.25. The van der Waals surface area contributed by atoms with E-state index >= 15 is 0 Å². The second-order valence-corrected chi connectivity index (χ2v) is 18.2. The number of hydrogen-bond acceptors (Lipinski definition) is 10. The summed E-state index contributed by atoms with van der Waals surface area (Å²) in [5.41, 5.74) is -1.06. The van der Waals surface area contributed by atoms with Gasteiger partial charge in [-0.1, -0.05) is 96.9 Å². The highest BCUT2D eigenvalue weighted by atomic mass is 16.7. The lowest BCUT2D eigenvalue weighted by Crippen LogP contribution is -2.46. The molecule has 1 rings (SSSR count). The van der Waals surface area contributed by atoms with Gasteiger partial charge in [0.2, 0.25) is 0 Å². The number of rotatable bonds is 18. The van der Waals surface area contributed by atoms with Crippen molar-refractivity contribution in [1.82, 2.24) is 0 Å². The number of aliphatic hydroxyl groups excluding tert-OH is 5. The van der Waals surface area contributed by atoms with Crippen molar-refractivity contribution in [2.24, 2.45) is 37.9 Å². The van der Waals surface area contributed by atoms with Gasteiger partial charge in [0.25, 0.3) is 0 Å². The summed E-state index contributed by atoms with van der Waals surface area (Å²) in [5, 5.41) is 45.3. The summed E-state index contributed by atoms with van der Waals surface area (Å²) in [6.45, 7) is 33.2. The minimum atomic E-state index is -0.309. The van der Waals surface area contributed by atoms with Crippen molar-refractivity contribution < 1.29 is 50.6 Å². The Labute approximate surface area is 277 Å². The van der Waals surface area contributed by atoms with E-state index in [2.05, 4.69) is 27.7 Å². The second kappa shape index (κ2) is 20.2. The summed E-state index contributed by atoms with van der Waals surface area (Å²) in [6.07, 6.45) is -0.273. The van der Waals surface area contributed by atoms with Crippen LogP contribution in [0.3, 0.4) is 0 Å². The maximum atomic E-state index is 9.15. The van der Waals surface area contributed by atoms with E-state index in [0.29, 0.717) is 52.9 Å². The van der Waals surface area contributed by atoms with Gasteiger partial charge in [0, 0.05) is 37.9 Å². The van der Waals surface area contributed by atoms with E-state index < -0.39 is 0 Å². The zero-order valence-corrected chi connectivity index (χ0v) is 31.5. The van der Waals surface area contributed by atoms with Gasteiger partial charge in [0.15, 0.2) is 6.29 Å². The van der Waals surface area contributed by atoms with Gasteiger partial charge in [-0.15, -0.1) is 0 Å². The van der Waals surface area contributed by atoms with E-state index in [0.717, 1.165) is 0 Å². The molecule has 0 saturated carbocycles. The van der Waals surface area contributed by atoms with Crippen LogP contribution in [-0.4, -0.2) is 118 Å². The largest absolute Gasteiger partial charge is 1.00 e. The third-order valence-corrected chi connectivity index (χ3v) is 6.97. The quantitative estimate of drug-likeness (QED) is 0.142. The normalized spacial score (nSPS) is 16.9. The molecule has 45 heavy (non-hydrogen) atoms.